The molecule has 0 rings (SSSR count). The summed E-state index contributed by atoms with van der Waals surface area (Å²) in [5.41, 5.74) is 0. The van der Waals surface area contributed by atoms with Crippen LogP contribution in [0.1, 0.15) is 20.8 Å². The van der Waals surface area contributed by atoms with Gasteiger partial charge in [-0.1, -0.05) is 13.8 Å². The highest BCUT2D eigenvalue weighted by atomic mass is 16.3. The molecule has 1 N–H and O–H groups in total. The average molecular weight is 187 g/mol. The van der Waals surface area contributed by atoms with Gasteiger partial charge in [0.15, 0.2) is 0 Å². The highest BCUT2D eigenvalue weighted by Crippen LogP contribution is 1.96. The van der Waals surface area contributed by atoms with Crippen LogP contribution in [0.4, 0.5) is 0 Å². The molecule has 0 atom stereocenters. The summed E-state index contributed by atoms with van der Waals surface area (Å²) < 4.78 is 0.398. The van der Waals surface area contributed by atoms with Crippen molar-refractivity contribution in [2.75, 3.05) is 27.2 Å². The summed E-state index contributed by atoms with van der Waals surface area (Å²) in [5, 5.41) is 18.0. The van der Waals surface area contributed by atoms with Crippen molar-refractivity contribution in [2.45, 2.75) is 26.8 Å². The average Bonchev–Trinajstić information content (AvgIpc) is 1.81. The fourth-order valence-corrected chi connectivity index (χ4v) is 1.06. The number of hydrogen-bond donors (Lipinski definition) is 1. The van der Waals surface area contributed by atoms with E-state index in [0.29, 0.717) is 10.6 Å². The maximum Gasteiger partial charge on any atom is 0.115 e. The summed E-state index contributed by atoms with van der Waals surface area (Å²) in [7, 11) is 3.84. The van der Waals surface area contributed by atoms with Gasteiger partial charge in [0.2, 0.25) is 0 Å². The number of nitrogens with zero attached hydrogens (tertiary/aromatic N) is 2. The molecule has 0 fully saturated rings. The standard InChI is InChI=1S/C9H21N3O/c1-8(2)10-6-7-12(4,5)11-9(3)13/h8,10H,6-7H2,1-5H3. The fraction of sp³-hybridized carbons (Fsp3) is 0.889. The maximum absolute atomic E-state index is 10.8. The Hall–Kier alpha value is -0.610. The van der Waals surface area contributed by atoms with E-state index in [1.54, 1.807) is 0 Å². The van der Waals surface area contributed by atoms with Gasteiger partial charge >= 0.3 is 0 Å². The molecule has 0 bridgehead atoms. The number of nitrogens with one attached hydrogen (secondary N) is 1. The highest BCUT2D eigenvalue weighted by Gasteiger charge is 2.12. The normalized spacial score (nSPS) is 13.8. The summed E-state index contributed by atoms with van der Waals surface area (Å²) in [6.07, 6.45) is 0. The Bertz CT molecular complexity index is 172. The van der Waals surface area contributed by atoms with E-state index in [2.05, 4.69) is 24.3 Å². The van der Waals surface area contributed by atoms with Crippen LogP contribution in [0.25, 0.3) is 0 Å². The third kappa shape index (κ3) is 7.74. The molecule has 0 unspecified atom stereocenters. The topological polar surface area (TPSA) is 47.5 Å². The Morgan fingerprint density at radius 3 is 2.38 bits per heavy atom. The van der Waals surface area contributed by atoms with E-state index in [9.17, 15) is 5.11 Å². The second kappa shape index (κ2) is 5.19. The largest absolute Gasteiger partial charge is 0.858 e. The second-order valence-electron chi connectivity index (χ2n) is 4.07. The van der Waals surface area contributed by atoms with Gasteiger partial charge in [0.25, 0.3) is 0 Å². The predicted molar refractivity (Wildman–Crippen MR) is 53.2 cm³/mol. The Morgan fingerprint density at radius 2 is 2.00 bits per heavy atom. The molecule has 78 valence electrons. The fourth-order valence-electron chi connectivity index (χ4n) is 1.06. The Morgan fingerprint density at radius 1 is 1.46 bits per heavy atom. The van der Waals surface area contributed by atoms with Crippen molar-refractivity contribution < 1.29 is 9.70 Å². The molecule has 0 saturated carbocycles. The van der Waals surface area contributed by atoms with E-state index in [1.165, 1.54) is 6.92 Å². The lowest BCUT2D eigenvalue weighted by Crippen LogP contribution is -2.42. The van der Waals surface area contributed by atoms with Gasteiger partial charge in [0.05, 0.1) is 14.1 Å². The van der Waals surface area contributed by atoms with Gasteiger partial charge in [-0.25, -0.2) is 4.59 Å². The monoisotopic (exact) mass is 187 g/mol. The third-order valence-corrected chi connectivity index (χ3v) is 1.62. The van der Waals surface area contributed by atoms with Gasteiger partial charge < -0.3 is 10.4 Å². The first-order valence-corrected chi connectivity index (χ1v) is 4.64. The van der Waals surface area contributed by atoms with Gasteiger partial charge in [-0.2, -0.15) is 0 Å². The van der Waals surface area contributed by atoms with Crippen molar-refractivity contribution in [3.05, 3.63) is 0 Å². The van der Waals surface area contributed by atoms with Crippen molar-refractivity contribution in [2.24, 2.45) is 5.10 Å². The zero-order valence-electron chi connectivity index (χ0n) is 9.29. The van der Waals surface area contributed by atoms with Crippen LogP contribution in [-0.4, -0.2) is 43.7 Å². The minimum absolute atomic E-state index is 0.116. The zero-order valence-corrected chi connectivity index (χ0v) is 9.29. The Kier molecular flexibility index (Phi) is 4.95. The summed E-state index contributed by atoms with van der Waals surface area (Å²) in [6, 6.07) is 0.484. The molecule has 0 aliphatic carbocycles. The molecule has 0 radical (unpaired) electrons. The van der Waals surface area contributed by atoms with E-state index < -0.39 is 0 Å². The van der Waals surface area contributed by atoms with Crippen LogP contribution in [0.3, 0.4) is 0 Å². The van der Waals surface area contributed by atoms with Crippen molar-refractivity contribution in [3.8, 4) is 0 Å². The summed E-state index contributed by atoms with van der Waals surface area (Å²) in [4.78, 5) is 0. The molecule has 0 saturated heterocycles. The molecule has 0 aliphatic rings. The first kappa shape index (κ1) is 12.4. The predicted octanol–water partition coefficient (Wildman–Crippen LogP) is -0.245. The van der Waals surface area contributed by atoms with Gasteiger partial charge in [0.1, 0.15) is 6.54 Å². The summed E-state index contributed by atoms with van der Waals surface area (Å²) in [5.74, 6) is -0.116. The van der Waals surface area contributed by atoms with Crippen LogP contribution >= 0.6 is 0 Å². The molecule has 0 heterocycles. The molecule has 0 aromatic heterocycles. The minimum Gasteiger partial charge on any atom is -0.858 e. The smallest absolute Gasteiger partial charge is 0.115 e. The van der Waals surface area contributed by atoms with Crippen LogP contribution in [0.15, 0.2) is 5.10 Å². The summed E-state index contributed by atoms with van der Waals surface area (Å²) in [6.45, 7) is 7.39. The van der Waals surface area contributed by atoms with Gasteiger partial charge in [0, 0.05) is 18.5 Å². The number of rotatable bonds is 5. The lowest BCUT2D eigenvalue weighted by atomic mass is 10.4. The van der Waals surface area contributed by atoms with Crippen LogP contribution < -0.4 is 10.4 Å². The molecule has 0 aromatic rings. The lowest BCUT2D eigenvalue weighted by molar-refractivity contribution is -0.897. The SMILES string of the molecule is CC([O-])=N[N+](C)(C)CCNC(C)C. The molecule has 13 heavy (non-hydrogen) atoms. The number of hydrogen-bond acceptors (Lipinski definition) is 3. The van der Waals surface area contributed by atoms with E-state index in [-0.39, 0.29) is 5.90 Å². The van der Waals surface area contributed by atoms with Crippen molar-refractivity contribution in [1.82, 2.24) is 5.32 Å². The van der Waals surface area contributed by atoms with Crippen LogP contribution in [0, 0.1) is 0 Å². The lowest BCUT2D eigenvalue weighted by Gasteiger charge is -2.25. The van der Waals surface area contributed by atoms with Gasteiger partial charge in [-0.05, 0) is 6.92 Å². The number of likely N-dealkylation sites (N-methyl/N-ethyl adjacent to an activating group) is 1. The molecule has 4 nitrogen and oxygen atoms in total. The molecule has 0 spiro atoms. The van der Waals surface area contributed by atoms with Gasteiger partial charge in [-0.3, -0.25) is 0 Å². The Labute approximate surface area is 80.8 Å². The van der Waals surface area contributed by atoms with E-state index in [0.717, 1.165) is 13.1 Å². The molecular weight excluding hydrogens is 166 g/mol. The van der Waals surface area contributed by atoms with Crippen LogP contribution in [-0.2, 0) is 0 Å². The van der Waals surface area contributed by atoms with Gasteiger partial charge in [-0.15, -0.1) is 5.10 Å². The van der Waals surface area contributed by atoms with E-state index >= 15 is 0 Å². The molecule has 0 amide bonds. The van der Waals surface area contributed by atoms with Crippen molar-refractivity contribution >= 4 is 5.90 Å². The minimum atomic E-state index is -0.116. The first-order chi connectivity index (χ1) is 5.83. The third-order valence-electron chi connectivity index (χ3n) is 1.62. The van der Waals surface area contributed by atoms with Crippen molar-refractivity contribution in [1.29, 1.82) is 0 Å². The number of quaternary nitrogens is 1. The van der Waals surface area contributed by atoms with E-state index in [4.69, 9.17) is 0 Å². The maximum atomic E-state index is 10.8. The molecule has 0 aliphatic heterocycles. The van der Waals surface area contributed by atoms with Crippen molar-refractivity contribution in [3.63, 3.8) is 0 Å². The molecule has 0 aromatic carbocycles. The van der Waals surface area contributed by atoms with E-state index in [1.807, 2.05) is 14.1 Å². The zero-order chi connectivity index (χ0) is 10.5. The molecular formula is C9H21N3O. The highest BCUT2D eigenvalue weighted by molar-refractivity contribution is 5.67. The Balaban J connectivity index is 3.83. The van der Waals surface area contributed by atoms with Crippen LogP contribution in [0.5, 0.6) is 0 Å². The molecule has 4 heteroatoms. The van der Waals surface area contributed by atoms with Crippen LogP contribution in [0.2, 0.25) is 0 Å². The first-order valence-electron chi connectivity index (χ1n) is 4.64. The second-order valence-corrected chi connectivity index (χ2v) is 4.07. The quantitative estimate of drug-likeness (QED) is 0.279. The summed E-state index contributed by atoms with van der Waals surface area (Å²) >= 11 is 0.